The first kappa shape index (κ1) is 24.7. The summed E-state index contributed by atoms with van der Waals surface area (Å²) in [6.45, 7) is 0. The fourth-order valence-corrected chi connectivity index (χ4v) is 6.95. The minimum absolute atomic E-state index is 1.18. The van der Waals surface area contributed by atoms with Crippen LogP contribution in [0.1, 0.15) is 0 Å². The van der Waals surface area contributed by atoms with Gasteiger partial charge in [-0.05, 0) is 71.3 Å². The van der Waals surface area contributed by atoms with Gasteiger partial charge in [0.2, 0.25) is 0 Å². The lowest BCUT2D eigenvalue weighted by Crippen LogP contribution is -1.97. The third-order valence-electron chi connectivity index (χ3n) is 8.92. The zero-order valence-electron chi connectivity index (χ0n) is 24.1. The summed E-state index contributed by atoms with van der Waals surface area (Å²) < 4.78 is 4.79. The first-order valence-electron chi connectivity index (χ1n) is 15.1. The maximum atomic E-state index is 2.42. The molecule has 9 rings (SSSR count). The highest BCUT2D eigenvalue weighted by molar-refractivity contribution is 6.13. The predicted molar refractivity (Wildman–Crippen MR) is 186 cm³/mol. The van der Waals surface area contributed by atoms with E-state index in [-0.39, 0.29) is 0 Å². The van der Waals surface area contributed by atoms with Crippen molar-refractivity contribution < 1.29 is 0 Å². The van der Waals surface area contributed by atoms with Gasteiger partial charge < -0.3 is 9.13 Å². The number of para-hydroxylation sites is 4. The second kappa shape index (κ2) is 9.86. The minimum Gasteiger partial charge on any atom is -0.309 e. The Hall–Kier alpha value is -5.86. The highest BCUT2D eigenvalue weighted by atomic mass is 15.0. The van der Waals surface area contributed by atoms with Gasteiger partial charge in [0.15, 0.2) is 0 Å². The molecule has 0 unspecified atom stereocenters. The van der Waals surface area contributed by atoms with Crippen LogP contribution in [0.25, 0.3) is 77.2 Å². The van der Waals surface area contributed by atoms with E-state index in [9.17, 15) is 0 Å². The van der Waals surface area contributed by atoms with Crippen molar-refractivity contribution in [1.29, 1.82) is 0 Å². The number of hydrogen-bond donors (Lipinski definition) is 0. The van der Waals surface area contributed by atoms with E-state index in [0.717, 1.165) is 0 Å². The second-order valence-corrected chi connectivity index (χ2v) is 11.4. The van der Waals surface area contributed by atoms with E-state index < -0.39 is 0 Å². The number of nitrogens with zero attached hydrogens (tertiary/aromatic N) is 2. The molecular formula is C42H28N2. The summed E-state index contributed by atoms with van der Waals surface area (Å²) in [5.41, 5.74) is 12.1. The van der Waals surface area contributed by atoms with Crippen LogP contribution in [-0.4, -0.2) is 9.13 Å². The molecule has 0 aliphatic rings. The quantitative estimate of drug-likeness (QED) is 0.203. The van der Waals surface area contributed by atoms with Gasteiger partial charge in [-0.3, -0.25) is 0 Å². The molecule has 0 bridgehead atoms. The summed E-state index contributed by atoms with van der Waals surface area (Å²) >= 11 is 0. The smallest absolute Gasteiger partial charge is 0.0541 e. The van der Waals surface area contributed by atoms with Gasteiger partial charge in [-0.25, -0.2) is 0 Å². The standard InChI is InChI=1S/C42H28N2/c1-3-13-29(14-4-1)33-17-7-10-20-38(33)44-40-22-12-9-19-35(40)37-28-31(24-26-42(37)44)30-23-25-41-36(27-30)34-18-8-11-21-39(34)43(41)32-15-5-2-6-16-32/h1-28H. The van der Waals surface area contributed by atoms with E-state index in [1.807, 2.05) is 0 Å². The van der Waals surface area contributed by atoms with Gasteiger partial charge >= 0.3 is 0 Å². The van der Waals surface area contributed by atoms with Crippen LogP contribution in [0, 0.1) is 0 Å². The van der Waals surface area contributed by atoms with E-state index in [0.29, 0.717) is 0 Å². The molecule has 44 heavy (non-hydrogen) atoms. The first-order chi connectivity index (χ1) is 21.8. The zero-order valence-corrected chi connectivity index (χ0v) is 24.1. The van der Waals surface area contributed by atoms with Crippen molar-refractivity contribution in [2.24, 2.45) is 0 Å². The van der Waals surface area contributed by atoms with Gasteiger partial charge in [-0.2, -0.15) is 0 Å². The Morgan fingerprint density at radius 2 is 0.773 bits per heavy atom. The van der Waals surface area contributed by atoms with E-state index >= 15 is 0 Å². The lowest BCUT2D eigenvalue weighted by Gasteiger charge is -2.14. The molecule has 0 aliphatic heterocycles. The normalized spacial score (nSPS) is 11.6. The Balaban J connectivity index is 1.26. The van der Waals surface area contributed by atoms with Crippen molar-refractivity contribution in [3.63, 3.8) is 0 Å². The van der Waals surface area contributed by atoms with Crippen molar-refractivity contribution in [2.75, 3.05) is 0 Å². The van der Waals surface area contributed by atoms with Crippen molar-refractivity contribution in [3.05, 3.63) is 170 Å². The molecule has 0 saturated carbocycles. The largest absolute Gasteiger partial charge is 0.309 e. The molecule has 2 aromatic heterocycles. The Bertz CT molecular complexity index is 2480. The monoisotopic (exact) mass is 560 g/mol. The van der Waals surface area contributed by atoms with Crippen LogP contribution in [0.5, 0.6) is 0 Å². The molecule has 0 atom stereocenters. The van der Waals surface area contributed by atoms with Crippen LogP contribution in [0.3, 0.4) is 0 Å². The molecular weight excluding hydrogens is 532 g/mol. The van der Waals surface area contributed by atoms with E-state index in [1.54, 1.807) is 0 Å². The molecule has 9 aromatic rings. The summed E-state index contributed by atoms with van der Waals surface area (Å²) in [6, 6.07) is 61.4. The van der Waals surface area contributed by atoms with Gasteiger partial charge in [-0.1, -0.05) is 115 Å². The number of benzene rings is 7. The highest BCUT2D eigenvalue weighted by Crippen LogP contribution is 2.39. The van der Waals surface area contributed by atoms with Gasteiger partial charge in [0.1, 0.15) is 0 Å². The van der Waals surface area contributed by atoms with Crippen molar-refractivity contribution in [3.8, 4) is 33.6 Å². The molecule has 2 heterocycles. The lowest BCUT2D eigenvalue weighted by molar-refractivity contribution is 1.18. The average molecular weight is 561 g/mol. The molecule has 0 amide bonds. The SMILES string of the molecule is c1ccc(-c2ccccc2-n2c3ccccc3c3cc(-c4ccc5c(c4)c4ccccc4n5-c4ccccc4)ccc32)cc1. The summed E-state index contributed by atoms with van der Waals surface area (Å²) in [5.74, 6) is 0. The van der Waals surface area contributed by atoms with Gasteiger partial charge in [0.05, 0.1) is 27.8 Å². The molecule has 0 N–H and O–H groups in total. The van der Waals surface area contributed by atoms with Crippen LogP contribution in [0.2, 0.25) is 0 Å². The number of hydrogen-bond acceptors (Lipinski definition) is 0. The molecule has 0 spiro atoms. The van der Waals surface area contributed by atoms with Crippen LogP contribution >= 0.6 is 0 Å². The summed E-state index contributed by atoms with van der Waals surface area (Å²) in [4.78, 5) is 0. The Morgan fingerprint density at radius 3 is 1.43 bits per heavy atom. The molecule has 206 valence electrons. The maximum absolute atomic E-state index is 2.42. The lowest BCUT2D eigenvalue weighted by atomic mass is 10.0. The molecule has 0 aliphatic carbocycles. The fraction of sp³-hybridized carbons (Fsp3) is 0. The Kier molecular flexibility index (Phi) is 5.54. The van der Waals surface area contributed by atoms with Gasteiger partial charge in [0.25, 0.3) is 0 Å². The maximum Gasteiger partial charge on any atom is 0.0541 e. The van der Waals surface area contributed by atoms with Crippen molar-refractivity contribution in [1.82, 2.24) is 9.13 Å². The van der Waals surface area contributed by atoms with Crippen LogP contribution in [-0.2, 0) is 0 Å². The van der Waals surface area contributed by atoms with Crippen LogP contribution < -0.4 is 0 Å². The molecule has 0 saturated heterocycles. The average Bonchev–Trinajstić information content (AvgIpc) is 3.61. The summed E-state index contributed by atoms with van der Waals surface area (Å²) in [7, 11) is 0. The predicted octanol–water partition coefficient (Wildman–Crippen LogP) is 11.2. The van der Waals surface area contributed by atoms with E-state index in [2.05, 4.69) is 179 Å². The Morgan fingerprint density at radius 1 is 0.295 bits per heavy atom. The van der Waals surface area contributed by atoms with E-state index in [1.165, 1.54) is 77.2 Å². The molecule has 0 radical (unpaired) electrons. The van der Waals surface area contributed by atoms with E-state index in [4.69, 9.17) is 0 Å². The molecule has 7 aromatic carbocycles. The van der Waals surface area contributed by atoms with Gasteiger partial charge in [-0.15, -0.1) is 0 Å². The van der Waals surface area contributed by atoms with Crippen LogP contribution in [0.4, 0.5) is 0 Å². The minimum atomic E-state index is 1.18. The third kappa shape index (κ3) is 3.75. The summed E-state index contributed by atoms with van der Waals surface area (Å²) in [5, 5.41) is 5.05. The number of aromatic nitrogens is 2. The van der Waals surface area contributed by atoms with Crippen molar-refractivity contribution in [2.45, 2.75) is 0 Å². The van der Waals surface area contributed by atoms with Crippen molar-refractivity contribution >= 4 is 43.6 Å². The number of rotatable bonds is 4. The molecule has 2 heteroatoms. The third-order valence-corrected chi connectivity index (χ3v) is 8.92. The first-order valence-corrected chi connectivity index (χ1v) is 15.1. The number of fused-ring (bicyclic) bond motifs is 6. The highest BCUT2D eigenvalue weighted by Gasteiger charge is 2.17. The second-order valence-electron chi connectivity index (χ2n) is 11.4. The topological polar surface area (TPSA) is 9.86 Å². The Labute approximate surface area is 255 Å². The van der Waals surface area contributed by atoms with Crippen LogP contribution in [0.15, 0.2) is 170 Å². The van der Waals surface area contributed by atoms with Gasteiger partial charge in [0, 0.05) is 32.8 Å². The summed E-state index contributed by atoms with van der Waals surface area (Å²) in [6.07, 6.45) is 0. The molecule has 2 nitrogen and oxygen atoms in total. The molecule has 0 fully saturated rings. The zero-order chi connectivity index (χ0) is 29.0. The fourth-order valence-electron chi connectivity index (χ4n) is 6.95.